The largest absolute Gasteiger partial charge is 0.507 e. The average Bonchev–Trinajstić information content (AvgIpc) is 2.71. The third kappa shape index (κ3) is 9.43. The van der Waals surface area contributed by atoms with Crippen LogP contribution in [0.15, 0.2) is 12.1 Å². The van der Waals surface area contributed by atoms with Crippen LogP contribution < -0.4 is 0 Å². The Morgan fingerprint density at radius 2 is 1.16 bits per heavy atom. The molecule has 1 rings (SSSR count). The molecule has 0 bridgehead atoms. The summed E-state index contributed by atoms with van der Waals surface area (Å²) >= 11 is 0. The summed E-state index contributed by atoms with van der Waals surface area (Å²) in [4.78, 5) is 3.85. The van der Waals surface area contributed by atoms with E-state index in [9.17, 15) is 25.5 Å². The fourth-order valence-corrected chi connectivity index (χ4v) is 3.94. The van der Waals surface area contributed by atoms with Gasteiger partial charge in [0.25, 0.3) is 0 Å². The highest BCUT2D eigenvalue weighted by molar-refractivity contribution is 5.46. The summed E-state index contributed by atoms with van der Waals surface area (Å²) in [5.41, 5.74) is 2.62. The summed E-state index contributed by atoms with van der Waals surface area (Å²) in [5.74, 6) is 0.204. The van der Waals surface area contributed by atoms with Gasteiger partial charge >= 0.3 is 0 Å². The van der Waals surface area contributed by atoms with Crippen LogP contribution in [0.3, 0.4) is 0 Å². The standard InChI is InChI=1S/C24H44N2O5/c1-4-5-6-7-24(2,3)22-16-20(18-25(8-12-27)9-13-28)23(31)21(17-22)19-26(10-14-29)11-15-30/h16-17,27-31H,4-15,18-19H2,1-3H3. The number of hydrogen-bond acceptors (Lipinski definition) is 7. The molecule has 0 atom stereocenters. The quantitative estimate of drug-likeness (QED) is 0.235. The highest BCUT2D eigenvalue weighted by Crippen LogP contribution is 2.35. The molecule has 1 aromatic carbocycles. The molecular formula is C24H44N2O5. The molecule has 0 aliphatic heterocycles. The van der Waals surface area contributed by atoms with Gasteiger partial charge in [0.1, 0.15) is 5.75 Å². The Kier molecular flexibility index (Phi) is 13.3. The highest BCUT2D eigenvalue weighted by Gasteiger charge is 2.24. The van der Waals surface area contributed by atoms with Crippen LogP contribution in [0, 0.1) is 0 Å². The maximum Gasteiger partial charge on any atom is 0.124 e. The van der Waals surface area contributed by atoms with E-state index in [-0.39, 0.29) is 37.6 Å². The monoisotopic (exact) mass is 440 g/mol. The predicted molar refractivity (Wildman–Crippen MR) is 124 cm³/mol. The molecule has 0 fully saturated rings. The molecule has 0 radical (unpaired) electrons. The van der Waals surface area contributed by atoms with Gasteiger partial charge in [-0.3, -0.25) is 9.80 Å². The SMILES string of the molecule is CCCCCC(C)(C)c1cc(CN(CCO)CCO)c(O)c(CN(CCO)CCO)c1. The van der Waals surface area contributed by atoms with Gasteiger partial charge < -0.3 is 25.5 Å². The molecule has 0 aliphatic carbocycles. The summed E-state index contributed by atoms with van der Waals surface area (Å²) in [6.45, 7) is 9.10. The number of aliphatic hydroxyl groups excluding tert-OH is 4. The number of benzene rings is 1. The summed E-state index contributed by atoms with van der Waals surface area (Å²) in [6, 6.07) is 4.10. The van der Waals surface area contributed by atoms with Crippen molar-refractivity contribution < 1.29 is 25.5 Å². The zero-order chi connectivity index (χ0) is 23.3. The third-order valence-electron chi connectivity index (χ3n) is 5.91. The van der Waals surface area contributed by atoms with E-state index in [1.54, 1.807) is 0 Å². The molecule has 0 spiro atoms. The van der Waals surface area contributed by atoms with E-state index >= 15 is 0 Å². The minimum atomic E-state index is -0.0655. The Hall–Kier alpha value is -1.22. The smallest absolute Gasteiger partial charge is 0.124 e. The first-order chi connectivity index (χ1) is 14.8. The number of hydrogen-bond donors (Lipinski definition) is 5. The van der Waals surface area contributed by atoms with Crippen molar-refractivity contribution in [3.05, 3.63) is 28.8 Å². The molecule has 0 amide bonds. The number of unbranched alkanes of at least 4 members (excludes halogenated alkanes) is 2. The van der Waals surface area contributed by atoms with Gasteiger partial charge in [-0.05, 0) is 17.4 Å². The van der Waals surface area contributed by atoms with Crippen LogP contribution in [0.5, 0.6) is 5.75 Å². The molecule has 0 heterocycles. The van der Waals surface area contributed by atoms with Crippen LogP contribution in [-0.4, -0.2) is 87.9 Å². The molecular weight excluding hydrogens is 396 g/mol. The zero-order valence-electron chi connectivity index (χ0n) is 19.7. The lowest BCUT2D eigenvalue weighted by atomic mass is 9.78. The van der Waals surface area contributed by atoms with E-state index in [4.69, 9.17) is 0 Å². The molecule has 0 unspecified atom stereocenters. The van der Waals surface area contributed by atoms with Crippen molar-refractivity contribution in [1.82, 2.24) is 9.80 Å². The first-order valence-electron chi connectivity index (χ1n) is 11.6. The van der Waals surface area contributed by atoms with E-state index < -0.39 is 0 Å². The van der Waals surface area contributed by atoms with Crippen LogP contribution in [0.2, 0.25) is 0 Å². The van der Waals surface area contributed by atoms with Crippen molar-refractivity contribution in [2.75, 3.05) is 52.6 Å². The molecule has 0 aliphatic rings. The molecule has 0 aromatic heterocycles. The molecule has 0 saturated carbocycles. The van der Waals surface area contributed by atoms with E-state index in [1.165, 1.54) is 6.42 Å². The summed E-state index contributed by atoms with van der Waals surface area (Å²) in [6.07, 6.45) is 4.52. The zero-order valence-corrected chi connectivity index (χ0v) is 19.7. The first kappa shape index (κ1) is 27.8. The average molecular weight is 441 g/mol. The van der Waals surface area contributed by atoms with Gasteiger partial charge in [-0.25, -0.2) is 0 Å². The van der Waals surface area contributed by atoms with Crippen molar-refractivity contribution in [2.24, 2.45) is 0 Å². The van der Waals surface area contributed by atoms with Gasteiger partial charge in [0.05, 0.1) is 26.4 Å². The van der Waals surface area contributed by atoms with Crippen molar-refractivity contribution in [3.8, 4) is 5.75 Å². The lowest BCUT2D eigenvalue weighted by Crippen LogP contribution is -2.31. The maximum absolute atomic E-state index is 11.1. The second-order valence-corrected chi connectivity index (χ2v) is 8.93. The summed E-state index contributed by atoms with van der Waals surface area (Å²) < 4.78 is 0. The van der Waals surface area contributed by atoms with Gasteiger partial charge in [0.2, 0.25) is 0 Å². The Morgan fingerprint density at radius 1 is 0.742 bits per heavy atom. The normalized spacial score (nSPS) is 12.3. The van der Waals surface area contributed by atoms with Gasteiger partial charge in [0, 0.05) is 50.4 Å². The molecule has 7 heteroatoms. The molecule has 180 valence electrons. The topological polar surface area (TPSA) is 108 Å². The van der Waals surface area contributed by atoms with E-state index in [0.717, 1.165) is 36.0 Å². The van der Waals surface area contributed by atoms with Crippen molar-refractivity contribution >= 4 is 0 Å². The van der Waals surface area contributed by atoms with Gasteiger partial charge in [-0.1, -0.05) is 52.2 Å². The van der Waals surface area contributed by atoms with E-state index in [2.05, 4.69) is 32.9 Å². The summed E-state index contributed by atoms with van der Waals surface area (Å²) in [5, 5.41) is 48.5. The van der Waals surface area contributed by atoms with Crippen molar-refractivity contribution in [2.45, 2.75) is 65.0 Å². The van der Waals surface area contributed by atoms with Crippen LogP contribution in [0.4, 0.5) is 0 Å². The van der Waals surface area contributed by atoms with E-state index in [0.29, 0.717) is 39.3 Å². The second-order valence-electron chi connectivity index (χ2n) is 8.93. The second kappa shape index (κ2) is 14.8. The van der Waals surface area contributed by atoms with Gasteiger partial charge in [0.15, 0.2) is 0 Å². The van der Waals surface area contributed by atoms with Crippen LogP contribution >= 0.6 is 0 Å². The first-order valence-corrected chi connectivity index (χ1v) is 11.6. The van der Waals surface area contributed by atoms with Gasteiger partial charge in [-0.15, -0.1) is 0 Å². The Morgan fingerprint density at radius 3 is 1.52 bits per heavy atom. The summed E-state index contributed by atoms with van der Waals surface area (Å²) in [7, 11) is 0. The van der Waals surface area contributed by atoms with Crippen LogP contribution in [0.25, 0.3) is 0 Å². The number of rotatable bonds is 17. The molecule has 0 saturated heterocycles. The molecule has 7 nitrogen and oxygen atoms in total. The van der Waals surface area contributed by atoms with Gasteiger partial charge in [-0.2, -0.15) is 0 Å². The van der Waals surface area contributed by atoms with Crippen LogP contribution in [-0.2, 0) is 18.5 Å². The minimum Gasteiger partial charge on any atom is -0.507 e. The third-order valence-corrected chi connectivity index (χ3v) is 5.91. The van der Waals surface area contributed by atoms with Crippen molar-refractivity contribution in [1.29, 1.82) is 0 Å². The highest BCUT2D eigenvalue weighted by atomic mass is 16.3. The Bertz CT molecular complexity index is 573. The lowest BCUT2D eigenvalue weighted by Gasteiger charge is -2.30. The number of phenols is 1. The fourth-order valence-electron chi connectivity index (χ4n) is 3.94. The Balaban J connectivity index is 3.32. The number of aromatic hydroxyl groups is 1. The lowest BCUT2D eigenvalue weighted by molar-refractivity contribution is 0.152. The van der Waals surface area contributed by atoms with Crippen molar-refractivity contribution in [3.63, 3.8) is 0 Å². The molecule has 5 N–H and O–H groups in total. The molecule has 1 aromatic rings. The fraction of sp³-hybridized carbons (Fsp3) is 0.750. The molecule has 31 heavy (non-hydrogen) atoms. The van der Waals surface area contributed by atoms with Crippen LogP contribution in [0.1, 0.15) is 63.1 Å². The maximum atomic E-state index is 11.1. The number of aliphatic hydroxyl groups is 4. The van der Waals surface area contributed by atoms with E-state index in [1.807, 2.05) is 9.80 Å². The number of nitrogens with zero attached hydrogens (tertiary/aromatic N) is 2. The Labute approximate surface area is 187 Å². The number of phenolic OH excluding ortho intramolecular Hbond substituents is 1. The predicted octanol–water partition coefficient (Wildman–Crippen LogP) is 1.82. The minimum absolute atomic E-state index is 0.0173.